The van der Waals surface area contributed by atoms with Gasteiger partial charge < -0.3 is 4.90 Å². The van der Waals surface area contributed by atoms with Gasteiger partial charge in [0.1, 0.15) is 17.3 Å². The van der Waals surface area contributed by atoms with E-state index in [1.54, 1.807) is 0 Å². The molecular weight excluding hydrogens is 388 g/mol. The average molecular weight is 417 g/mol. The highest BCUT2D eigenvalue weighted by molar-refractivity contribution is 5.63. The molecule has 2 unspecified atom stereocenters. The molecule has 0 aromatic carbocycles. The molecule has 4 heterocycles. The first-order chi connectivity index (χ1) is 15.3. The maximum atomic E-state index is 5.17. The summed E-state index contributed by atoms with van der Waals surface area (Å²) in [6, 6.07) is 0.664. The molecule has 3 aromatic rings. The molecule has 160 valence electrons. The second-order valence-corrected chi connectivity index (χ2v) is 8.86. The normalized spacial score (nSPS) is 22.8. The maximum absolute atomic E-state index is 5.17. The molecule has 3 aliphatic rings. The number of imidazole rings is 1. The van der Waals surface area contributed by atoms with Gasteiger partial charge in [0, 0.05) is 24.4 Å². The van der Waals surface area contributed by atoms with Crippen LogP contribution in [-0.4, -0.2) is 40.3 Å². The third-order valence-electron chi connectivity index (χ3n) is 7.04. The zero-order chi connectivity index (χ0) is 20.9. The van der Waals surface area contributed by atoms with Crippen molar-refractivity contribution in [2.45, 2.75) is 76.8 Å². The second-order valence-electron chi connectivity index (χ2n) is 8.86. The molecule has 3 aromatic heterocycles. The van der Waals surface area contributed by atoms with Crippen molar-refractivity contribution < 1.29 is 0 Å². The van der Waals surface area contributed by atoms with E-state index in [0.717, 1.165) is 48.2 Å². The molecule has 0 radical (unpaired) electrons. The smallest absolute Gasteiger partial charge is 0.237 e. The minimum absolute atomic E-state index is 0.180. The van der Waals surface area contributed by atoms with Crippen molar-refractivity contribution in [2.24, 2.45) is 0 Å². The Labute approximate surface area is 182 Å². The highest BCUT2D eigenvalue weighted by Gasteiger charge is 2.39. The van der Waals surface area contributed by atoms with E-state index in [-0.39, 0.29) is 6.04 Å². The summed E-state index contributed by atoms with van der Waals surface area (Å²) >= 11 is 0. The van der Waals surface area contributed by atoms with Crippen LogP contribution < -0.4 is 4.90 Å². The Morgan fingerprint density at radius 1 is 1.06 bits per heavy atom. The van der Waals surface area contributed by atoms with Crippen molar-refractivity contribution in [1.29, 1.82) is 0 Å². The molecule has 6 rings (SSSR count). The van der Waals surface area contributed by atoms with Gasteiger partial charge in [-0.1, -0.05) is 31.9 Å². The summed E-state index contributed by atoms with van der Waals surface area (Å²) in [6.07, 6.45) is 18.4. The van der Waals surface area contributed by atoms with Crippen LogP contribution in [0.15, 0.2) is 30.7 Å². The Hall–Kier alpha value is -3.03. The fourth-order valence-corrected chi connectivity index (χ4v) is 5.58. The third kappa shape index (κ3) is 2.84. The van der Waals surface area contributed by atoms with Crippen LogP contribution in [0.25, 0.3) is 11.6 Å². The molecule has 1 fully saturated rings. The number of fused-ring (bicyclic) bond motifs is 3. The topological polar surface area (TPSA) is 77.5 Å². The van der Waals surface area contributed by atoms with E-state index in [1.807, 2.05) is 25.5 Å². The number of anilines is 1. The van der Waals surface area contributed by atoms with Gasteiger partial charge in [-0.3, -0.25) is 9.13 Å². The van der Waals surface area contributed by atoms with E-state index in [0.29, 0.717) is 17.9 Å². The minimum Gasteiger partial charge on any atom is -0.341 e. The predicted octanol–water partition coefficient (Wildman–Crippen LogP) is 4.20. The first-order valence-corrected chi connectivity index (χ1v) is 11.5. The zero-order valence-electron chi connectivity index (χ0n) is 18.1. The molecule has 8 heteroatoms. The van der Waals surface area contributed by atoms with E-state index in [9.17, 15) is 0 Å². The zero-order valence-corrected chi connectivity index (χ0v) is 18.1. The quantitative estimate of drug-likeness (QED) is 0.593. The van der Waals surface area contributed by atoms with Crippen LogP contribution >= 0.6 is 0 Å². The van der Waals surface area contributed by atoms with E-state index < -0.39 is 0 Å². The first-order valence-electron chi connectivity index (χ1n) is 11.5. The molecule has 2 aliphatic carbocycles. The summed E-state index contributed by atoms with van der Waals surface area (Å²) in [5, 5.41) is 8.96. The summed E-state index contributed by atoms with van der Waals surface area (Å²) in [5.41, 5.74) is 0.986. The summed E-state index contributed by atoms with van der Waals surface area (Å²) in [7, 11) is 0. The standard InChI is InChI=1S/C23H28N8/c1-3-18-22-28-27-15(2)30(22)19-14-25-23(26-21(19)31(18)17-10-6-7-11-17)29-13-12-24-20(29)16-8-4-5-9-16/h4,8,12-14,16-18H,3,5-7,9-11H2,1-2H3. The van der Waals surface area contributed by atoms with Gasteiger partial charge in [-0.05, 0) is 39.0 Å². The lowest BCUT2D eigenvalue weighted by Gasteiger charge is -2.41. The van der Waals surface area contributed by atoms with Gasteiger partial charge in [0.15, 0.2) is 11.6 Å². The van der Waals surface area contributed by atoms with E-state index in [1.165, 1.54) is 25.7 Å². The Morgan fingerprint density at radius 3 is 2.71 bits per heavy atom. The lowest BCUT2D eigenvalue weighted by molar-refractivity contribution is 0.467. The first kappa shape index (κ1) is 18.7. The molecule has 1 saturated carbocycles. The van der Waals surface area contributed by atoms with Gasteiger partial charge in [-0.2, -0.15) is 4.98 Å². The highest BCUT2D eigenvalue weighted by atomic mass is 15.4. The van der Waals surface area contributed by atoms with Crippen LogP contribution in [0.1, 0.15) is 81.3 Å². The average Bonchev–Trinajstić information content (AvgIpc) is 3.59. The van der Waals surface area contributed by atoms with Crippen molar-refractivity contribution in [3.63, 3.8) is 0 Å². The lowest BCUT2D eigenvalue weighted by atomic mass is 10.0. The molecule has 0 amide bonds. The van der Waals surface area contributed by atoms with Gasteiger partial charge in [0.2, 0.25) is 5.95 Å². The number of aryl methyl sites for hydroxylation is 1. The van der Waals surface area contributed by atoms with Crippen LogP contribution in [-0.2, 0) is 0 Å². The van der Waals surface area contributed by atoms with Crippen LogP contribution in [0.3, 0.4) is 0 Å². The monoisotopic (exact) mass is 416 g/mol. The second kappa shape index (κ2) is 7.28. The molecule has 0 bridgehead atoms. The van der Waals surface area contributed by atoms with Crippen molar-refractivity contribution in [1.82, 2.24) is 34.3 Å². The minimum atomic E-state index is 0.180. The van der Waals surface area contributed by atoms with Crippen LogP contribution in [0.4, 0.5) is 5.82 Å². The van der Waals surface area contributed by atoms with E-state index in [4.69, 9.17) is 9.97 Å². The van der Waals surface area contributed by atoms with Crippen molar-refractivity contribution in [2.75, 3.05) is 4.90 Å². The number of aromatic nitrogens is 7. The fraction of sp³-hybridized carbons (Fsp3) is 0.522. The van der Waals surface area contributed by atoms with Crippen molar-refractivity contribution in [3.05, 3.63) is 48.2 Å². The number of nitrogens with zero attached hydrogens (tertiary/aromatic N) is 8. The van der Waals surface area contributed by atoms with E-state index in [2.05, 4.69) is 48.3 Å². The van der Waals surface area contributed by atoms with Crippen molar-refractivity contribution in [3.8, 4) is 11.6 Å². The largest absolute Gasteiger partial charge is 0.341 e. The fourth-order valence-electron chi connectivity index (χ4n) is 5.58. The van der Waals surface area contributed by atoms with Crippen LogP contribution in [0, 0.1) is 6.92 Å². The van der Waals surface area contributed by atoms with Gasteiger partial charge in [0.25, 0.3) is 0 Å². The summed E-state index contributed by atoms with van der Waals surface area (Å²) < 4.78 is 4.20. The Kier molecular flexibility index (Phi) is 4.40. The molecule has 0 N–H and O–H groups in total. The van der Waals surface area contributed by atoms with Crippen molar-refractivity contribution >= 4 is 5.82 Å². The summed E-state index contributed by atoms with van der Waals surface area (Å²) in [6.45, 7) is 4.24. The lowest BCUT2D eigenvalue weighted by Crippen LogP contribution is -2.42. The summed E-state index contributed by atoms with van der Waals surface area (Å²) in [5.74, 6) is 4.94. The van der Waals surface area contributed by atoms with Gasteiger partial charge in [-0.25, -0.2) is 9.97 Å². The maximum Gasteiger partial charge on any atom is 0.237 e. The Bertz CT molecular complexity index is 1140. The number of hydrogen-bond donors (Lipinski definition) is 0. The van der Waals surface area contributed by atoms with Gasteiger partial charge in [0.05, 0.1) is 12.2 Å². The number of hydrogen-bond acceptors (Lipinski definition) is 6. The van der Waals surface area contributed by atoms with Crippen LogP contribution in [0.2, 0.25) is 0 Å². The SMILES string of the molecule is CCC1c2nnc(C)n2-c2cnc(-n3ccnc3C3C=CCC3)nc2N1C1CCCC1. The predicted molar refractivity (Wildman–Crippen MR) is 118 cm³/mol. The van der Waals surface area contributed by atoms with Gasteiger partial charge in [-0.15, -0.1) is 10.2 Å². The van der Waals surface area contributed by atoms with Gasteiger partial charge >= 0.3 is 0 Å². The molecule has 1 aliphatic heterocycles. The molecule has 0 saturated heterocycles. The summed E-state index contributed by atoms with van der Waals surface area (Å²) in [4.78, 5) is 17.1. The number of rotatable bonds is 4. The molecule has 8 nitrogen and oxygen atoms in total. The van der Waals surface area contributed by atoms with E-state index >= 15 is 0 Å². The van der Waals surface area contributed by atoms with Crippen LogP contribution in [0.5, 0.6) is 0 Å². The highest BCUT2D eigenvalue weighted by Crippen LogP contribution is 2.43. The molecular formula is C23H28N8. The Morgan fingerprint density at radius 2 is 1.94 bits per heavy atom. The molecule has 31 heavy (non-hydrogen) atoms. The Balaban J connectivity index is 1.52. The molecule has 0 spiro atoms. The third-order valence-corrected chi connectivity index (χ3v) is 7.04. The number of allylic oxidation sites excluding steroid dienone is 2. The molecule has 2 atom stereocenters.